The van der Waals surface area contributed by atoms with E-state index in [4.69, 9.17) is 4.55 Å². The molecule has 4 nitrogen and oxygen atoms in total. The van der Waals surface area contributed by atoms with Gasteiger partial charge in [-0.15, -0.1) is 0 Å². The molecule has 1 aromatic carbocycles. The Morgan fingerprint density at radius 2 is 1.95 bits per heavy atom. The highest BCUT2D eigenvalue weighted by atomic mass is 32.2. The largest absolute Gasteiger partial charge is 0.465 e. The van der Waals surface area contributed by atoms with E-state index in [0.717, 1.165) is 12.0 Å². The molecule has 5 heteroatoms. The van der Waals surface area contributed by atoms with E-state index in [-0.39, 0.29) is 23.1 Å². The smallest absolute Gasteiger partial charge is 0.337 e. The van der Waals surface area contributed by atoms with Crippen LogP contribution in [-0.4, -0.2) is 27.6 Å². The molecule has 0 saturated heterocycles. The zero-order valence-corrected chi connectivity index (χ0v) is 13.2. The molecular weight excluding hydrogens is 276 g/mol. The third-order valence-electron chi connectivity index (χ3n) is 4.18. The maximum absolute atomic E-state index is 11.4. The fraction of sp³-hybridized carbons (Fsp3) is 0.533. The number of esters is 1. The number of benzene rings is 1. The van der Waals surface area contributed by atoms with E-state index in [9.17, 15) is 9.00 Å². The molecule has 1 N–H and O–H groups in total. The summed E-state index contributed by atoms with van der Waals surface area (Å²) in [5, 5.41) is 0. The Morgan fingerprint density at radius 1 is 1.40 bits per heavy atom. The van der Waals surface area contributed by atoms with Gasteiger partial charge in [0.1, 0.15) is 0 Å². The molecule has 3 atom stereocenters. The zero-order valence-electron chi connectivity index (χ0n) is 12.4. The van der Waals surface area contributed by atoms with E-state index in [1.807, 2.05) is 19.1 Å². The van der Waals surface area contributed by atoms with E-state index < -0.39 is 11.1 Å². The van der Waals surface area contributed by atoms with Gasteiger partial charge in [0, 0.05) is 0 Å². The average molecular weight is 298 g/mol. The first-order chi connectivity index (χ1) is 9.35. The van der Waals surface area contributed by atoms with Crippen LogP contribution in [0.3, 0.4) is 0 Å². The normalized spacial score (nSPS) is 17.1. The van der Waals surface area contributed by atoms with Crippen molar-refractivity contribution in [1.82, 2.24) is 0 Å². The van der Waals surface area contributed by atoms with Gasteiger partial charge in [0.25, 0.3) is 0 Å². The van der Waals surface area contributed by atoms with Crippen LogP contribution in [0.1, 0.15) is 43.1 Å². The summed E-state index contributed by atoms with van der Waals surface area (Å²) in [6, 6.07) is 7.26. The summed E-state index contributed by atoms with van der Waals surface area (Å²) in [5.74, 6) is -0.0649. The third kappa shape index (κ3) is 3.67. The first-order valence-corrected chi connectivity index (χ1v) is 7.89. The Hall–Kier alpha value is -1.20. The number of hydrogen-bond acceptors (Lipinski definition) is 3. The van der Waals surface area contributed by atoms with Gasteiger partial charge >= 0.3 is 5.97 Å². The molecule has 3 unspecified atom stereocenters. The lowest BCUT2D eigenvalue weighted by Gasteiger charge is -2.35. The van der Waals surface area contributed by atoms with E-state index in [1.165, 1.54) is 7.11 Å². The van der Waals surface area contributed by atoms with Gasteiger partial charge in [0.2, 0.25) is 0 Å². The van der Waals surface area contributed by atoms with Crippen molar-refractivity contribution in [2.45, 2.75) is 32.6 Å². The van der Waals surface area contributed by atoms with E-state index in [1.54, 1.807) is 12.1 Å². The van der Waals surface area contributed by atoms with Crippen LogP contribution in [0.4, 0.5) is 0 Å². The Kier molecular flexibility index (Phi) is 5.89. The second-order valence-corrected chi connectivity index (χ2v) is 6.21. The number of methoxy groups -OCH3 is 1. The van der Waals surface area contributed by atoms with Gasteiger partial charge < -0.3 is 9.29 Å². The Bertz CT molecular complexity index is 483. The van der Waals surface area contributed by atoms with Crippen LogP contribution in [0.15, 0.2) is 24.3 Å². The molecule has 1 aromatic rings. The molecule has 0 spiro atoms. The van der Waals surface area contributed by atoms with Gasteiger partial charge in [-0.05, 0) is 35.4 Å². The highest BCUT2D eigenvalue weighted by Crippen LogP contribution is 2.36. The van der Waals surface area contributed by atoms with Crippen molar-refractivity contribution < 1.29 is 18.3 Å². The van der Waals surface area contributed by atoms with Crippen molar-refractivity contribution in [2.75, 3.05) is 12.9 Å². The maximum atomic E-state index is 11.4. The van der Waals surface area contributed by atoms with Crippen molar-refractivity contribution in [3.05, 3.63) is 35.4 Å². The second-order valence-electron chi connectivity index (χ2n) is 5.23. The molecule has 0 aliphatic rings. The summed E-state index contributed by atoms with van der Waals surface area (Å²) in [7, 11) is 1.35. The predicted molar refractivity (Wildman–Crippen MR) is 80.2 cm³/mol. The fourth-order valence-electron chi connectivity index (χ4n) is 2.34. The van der Waals surface area contributed by atoms with E-state index >= 15 is 0 Å². The predicted octanol–water partition coefficient (Wildman–Crippen LogP) is 3.00. The molecule has 1 rings (SSSR count). The molecule has 0 saturated carbocycles. The summed E-state index contributed by atoms with van der Waals surface area (Å²) < 4.78 is 24.8. The quantitative estimate of drug-likeness (QED) is 0.648. The van der Waals surface area contributed by atoms with Crippen LogP contribution < -0.4 is 0 Å². The lowest BCUT2D eigenvalue weighted by Crippen LogP contribution is -2.33. The van der Waals surface area contributed by atoms with Gasteiger partial charge in [0.15, 0.2) is 11.1 Å². The summed E-state index contributed by atoms with van der Waals surface area (Å²) in [5.41, 5.74) is 1.37. The van der Waals surface area contributed by atoms with Gasteiger partial charge in [0.05, 0.1) is 18.4 Å². The van der Waals surface area contributed by atoms with Crippen LogP contribution in [-0.2, 0) is 21.2 Å². The monoisotopic (exact) mass is 298 g/mol. The standard InChI is InChI=1S/C15H22O4S/c1-5-15(3,11(2)10-20(17)18)13-8-6-12(7-9-13)14(16)19-4/h6-9,11H,5,10H2,1-4H3,(H,17,18). The van der Waals surface area contributed by atoms with Crippen LogP contribution >= 0.6 is 0 Å². The summed E-state index contributed by atoms with van der Waals surface area (Å²) in [6.07, 6.45) is 0.850. The minimum Gasteiger partial charge on any atom is -0.465 e. The third-order valence-corrected chi connectivity index (χ3v) is 4.97. The Labute approximate surface area is 122 Å². The average Bonchev–Trinajstić information content (AvgIpc) is 2.44. The molecule has 0 fully saturated rings. The van der Waals surface area contributed by atoms with E-state index in [2.05, 4.69) is 18.6 Å². The van der Waals surface area contributed by atoms with Crippen LogP contribution in [0.5, 0.6) is 0 Å². The van der Waals surface area contributed by atoms with Crippen molar-refractivity contribution in [3.63, 3.8) is 0 Å². The van der Waals surface area contributed by atoms with Crippen molar-refractivity contribution in [2.24, 2.45) is 5.92 Å². The lowest BCUT2D eigenvalue weighted by molar-refractivity contribution is 0.0600. The molecular formula is C15H22O4S. The number of carbonyl (C=O) groups is 1. The van der Waals surface area contributed by atoms with Crippen LogP contribution in [0.2, 0.25) is 0 Å². The SMILES string of the molecule is CCC(C)(c1ccc(C(=O)OC)cc1)C(C)CS(=O)O. The molecule has 0 bridgehead atoms. The molecule has 0 heterocycles. The summed E-state index contributed by atoms with van der Waals surface area (Å²) in [6.45, 7) is 6.12. The number of rotatable bonds is 6. The zero-order chi connectivity index (χ0) is 15.3. The molecule has 0 amide bonds. The van der Waals surface area contributed by atoms with Gasteiger partial charge in [-0.3, -0.25) is 0 Å². The topological polar surface area (TPSA) is 63.6 Å². The van der Waals surface area contributed by atoms with Gasteiger partial charge in [-0.2, -0.15) is 0 Å². The Balaban J connectivity index is 3.05. The fourth-order valence-corrected chi connectivity index (χ4v) is 3.14. The second kappa shape index (κ2) is 6.99. The number of carbonyl (C=O) groups excluding carboxylic acids is 1. The lowest BCUT2D eigenvalue weighted by atomic mass is 9.71. The molecule has 112 valence electrons. The van der Waals surface area contributed by atoms with Crippen molar-refractivity contribution >= 4 is 17.0 Å². The highest BCUT2D eigenvalue weighted by Gasteiger charge is 2.32. The number of ether oxygens (including phenoxy) is 1. The molecule has 20 heavy (non-hydrogen) atoms. The molecule has 0 aliphatic heterocycles. The van der Waals surface area contributed by atoms with Crippen molar-refractivity contribution in [1.29, 1.82) is 0 Å². The first-order valence-electron chi connectivity index (χ1n) is 6.61. The van der Waals surface area contributed by atoms with Gasteiger partial charge in [-0.1, -0.05) is 32.9 Å². The Morgan fingerprint density at radius 3 is 2.35 bits per heavy atom. The first kappa shape index (κ1) is 16.9. The summed E-state index contributed by atoms with van der Waals surface area (Å²) >= 11 is -1.80. The maximum Gasteiger partial charge on any atom is 0.337 e. The molecule has 0 aliphatic carbocycles. The van der Waals surface area contributed by atoms with Crippen LogP contribution in [0, 0.1) is 5.92 Å². The minimum absolute atomic E-state index is 0.0577. The van der Waals surface area contributed by atoms with Gasteiger partial charge in [-0.25, -0.2) is 9.00 Å². The molecule has 0 aromatic heterocycles. The molecule has 0 radical (unpaired) electrons. The summed E-state index contributed by atoms with van der Waals surface area (Å²) in [4.78, 5) is 11.4. The number of hydrogen-bond donors (Lipinski definition) is 1. The highest BCUT2D eigenvalue weighted by molar-refractivity contribution is 7.79. The minimum atomic E-state index is -1.80. The van der Waals surface area contributed by atoms with E-state index in [0.29, 0.717) is 5.56 Å². The van der Waals surface area contributed by atoms with Crippen LogP contribution in [0.25, 0.3) is 0 Å². The van der Waals surface area contributed by atoms with Crippen molar-refractivity contribution in [3.8, 4) is 0 Å².